The standard InChI is InChI=1S/C31H27Cl2F3N4O2/c32-25-8-3-19(14-26(25)33)28(18-1-2-18)38-29(41)21-12-17(16-39-9-10-40(31(39)37)23-5-6-23)11-20(13-21)24-7-4-22(34)15-27(24)42-30(35)36/h3-4,7-15,18,23,28,30,37H,1-2,5-6,16H2,(H,38,41). The third-order valence-electron chi connectivity index (χ3n) is 7.63. The van der Waals surface area contributed by atoms with Crippen molar-refractivity contribution >= 4 is 29.1 Å². The summed E-state index contributed by atoms with van der Waals surface area (Å²) in [5, 5.41) is 12.5. The van der Waals surface area contributed by atoms with E-state index in [4.69, 9.17) is 28.6 Å². The van der Waals surface area contributed by atoms with Crippen molar-refractivity contribution in [2.24, 2.45) is 5.92 Å². The SMILES string of the molecule is N=c1n(Cc2cc(C(=O)NC(c3ccc(Cl)c(Cl)c3)C3CC3)cc(-c3ccc(F)cc3OC(F)F)c2)ccn1C1CC1. The van der Waals surface area contributed by atoms with Crippen LogP contribution in [0.2, 0.25) is 10.0 Å². The van der Waals surface area contributed by atoms with Crippen LogP contribution >= 0.6 is 23.2 Å². The first-order chi connectivity index (χ1) is 20.2. The Morgan fingerprint density at radius 1 is 1.00 bits per heavy atom. The number of amides is 1. The number of ether oxygens (including phenoxy) is 1. The highest BCUT2D eigenvalue weighted by atomic mass is 35.5. The van der Waals surface area contributed by atoms with Crippen molar-refractivity contribution in [1.82, 2.24) is 14.5 Å². The minimum atomic E-state index is -3.16. The van der Waals surface area contributed by atoms with Gasteiger partial charge in [0, 0.05) is 35.6 Å². The van der Waals surface area contributed by atoms with E-state index in [9.17, 15) is 18.0 Å². The third-order valence-corrected chi connectivity index (χ3v) is 8.36. The van der Waals surface area contributed by atoms with Crippen molar-refractivity contribution in [2.75, 3.05) is 0 Å². The van der Waals surface area contributed by atoms with Gasteiger partial charge in [-0.3, -0.25) is 10.2 Å². The van der Waals surface area contributed by atoms with Crippen LogP contribution in [0.15, 0.2) is 67.0 Å². The number of aromatic nitrogens is 2. The summed E-state index contributed by atoms with van der Waals surface area (Å²) in [4.78, 5) is 13.8. The van der Waals surface area contributed by atoms with Crippen molar-refractivity contribution < 1.29 is 22.7 Å². The molecule has 4 aromatic rings. The zero-order valence-corrected chi connectivity index (χ0v) is 23.8. The highest BCUT2D eigenvalue weighted by Gasteiger charge is 2.34. The summed E-state index contributed by atoms with van der Waals surface area (Å²) in [6.07, 6.45) is 7.62. The zero-order chi connectivity index (χ0) is 29.5. The lowest BCUT2D eigenvalue weighted by Crippen LogP contribution is -2.30. The van der Waals surface area contributed by atoms with E-state index in [0.717, 1.165) is 43.4 Å². The predicted molar refractivity (Wildman–Crippen MR) is 154 cm³/mol. The molecule has 0 radical (unpaired) electrons. The van der Waals surface area contributed by atoms with E-state index in [1.165, 1.54) is 6.07 Å². The molecule has 218 valence electrons. The highest BCUT2D eigenvalue weighted by Crippen LogP contribution is 2.42. The molecule has 2 aliphatic carbocycles. The normalized spacial score (nSPS) is 15.6. The molecule has 0 spiro atoms. The van der Waals surface area contributed by atoms with Crippen molar-refractivity contribution in [3.05, 3.63) is 105 Å². The van der Waals surface area contributed by atoms with Crippen LogP contribution in [-0.4, -0.2) is 21.7 Å². The molecule has 0 aliphatic heterocycles. The van der Waals surface area contributed by atoms with Crippen molar-refractivity contribution in [1.29, 1.82) is 5.41 Å². The first-order valence-corrected chi connectivity index (χ1v) is 14.4. The van der Waals surface area contributed by atoms with Crippen molar-refractivity contribution in [3.63, 3.8) is 0 Å². The quantitative estimate of drug-likeness (QED) is 0.192. The van der Waals surface area contributed by atoms with Crippen LogP contribution < -0.4 is 15.7 Å². The number of imidazole rings is 1. The molecule has 2 aliphatic rings. The molecule has 2 N–H and O–H groups in total. The van der Waals surface area contributed by atoms with E-state index in [1.54, 1.807) is 34.9 Å². The maximum atomic E-state index is 14.0. The summed E-state index contributed by atoms with van der Waals surface area (Å²) in [5.41, 5.74) is 2.72. The molecule has 42 heavy (non-hydrogen) atoms. The summed E-state index contributed by atoms with van der Waals surface area (Å²) < 4.78 is 48.8. The van der Waals surface area contributed by atoms with Crippen LogP contribution in [0.5, 0.6) is 5.75 Å². The Hall–Kier alpha value is -3.69. The van der Waals surface area contributed by atoms with Crippen LogP contribution in [0.1, 0.15) is 59.3 Å². The first-order valence-electron chi connectivity index (χ1n) is 13.6. The second-order valence-electron chi connectivity index (χ2n) is 10.8. The molecular formula is C31H27Cl2F3N4O2. The molecular weight excluding hydrogens is 588 g/mol. The number of alkyl halides is 2. The van der Waals surface area contributed by atoms with Gasteiger partial charge in [0.25, 0.3) is 5.91 Å². The largest absolute Gasteiger partial charge is 0.434 e. The van der Waals surface area contributed by atoms with Crippen LogP contribution in [-0.2, 0) is 6.54 Å². The van der Waals surface area contributed by atoms with E-state index < -0.39 is 12.4 Å². The van der Waals surface area contributed by atoms with Gasteiger partial charge in [0.05, 0.1) is 22.6 Å². The first kappa shape index (κ1) is 28.4. The topological polar surface area (TPSA) is 72.0 Å². The molecule has 1 unspecified atom stereocenters. The fraction of sp³-hybridized carbons (Fsp3) is 0.290. The minimum Gasteiger partial charge on any atom is -0.434 e. The number of halogens is 5. The van der Waals surface area contributed by atoms with Gasteiger partial charge in [-0.15, -0.1) is 0 Å². The summed E-state index contributed by atoms with van der Waals surface area (Å²) in [6, 6.07) is 13.7. The monoisotopic (exact) mass is 614 g/mol. The Morgan fingerprint density at radius 2 is 1.79 bits per heavy atom. The van der Waals surface area contributed by atoms with Crippen molar-refractivity contribution in [2.45, 2.75) is 50.9 Å². The highest BCUT2D eigenvalue weighted by molar-refractivity contribution is 6.42. The number of hydrogen-bond acceptors (Lipinski definition) is 3. The fourth-order valence-electron chi connectivity index (χ4n) is 5.24. The van der Waals surface area contributed by atoms with Gasteiger partial charge in [-0.1, -0.05) is 29.3 Å². The second-order valence-corrected chi connectivity index (χ2v) is 11.6. The van der Waals surface area contributed by atoms with Gasteiger partial charge in [-0.2, -0.15) is 8.78 Å². The third kappa shape index (κ3) is 6.22. The molecule has 6 rings (SSSR count). The predicted octanol–water partition coefficient (Wildman–Crippen LogP) is 7.75. The molecule has 2 saturated carbocycles. The summed E-state index contributed by atoms with van der Waals surface area (Å²) in [7, 11) is 0. The Kier molecular flexibility index (Phi) is 7.81. The Morgan fingerprint density at radius 3 is 2.48 bits per heavy atom. The molecule has 11 heteroatoms. The second kappa shape index (κ2) is 11.5. The molecule has 0 saturated heterocycles. The molecule has 2 fully saturated rings. The van der Waals surface area contributed by atoms with Crippen LogP contribution in [0.25, 0.3) is 11.1 Å². The van der Waals surface area contributed by atoms with Gasteiger partial charge in [0.15, 0.2) is 0 Å². The smallest absolute Gasteiger partial charge is 0.387 e. The number of rotatable bonds is 10. The average Bonchev–Trinajstić information content (AvgIpc) is 3.88. The Bertz CT molecular complexity index is 1710. The molecule has 1 aromatic heterocycles. The van der Waals surface area contributed by atoms with E-state index in [-0.39, 0.29) is 41.3 Å². The van der Waals surface area contributed by atoms with E-state index in [2.05, 4.69) is 10.1 Å². The minimum absolute atomic E-state index is 0.211. The average molecular weight is 615 g/mol. The van der Waals surface area contributed by atoms with E-state index in [0.29, 0.717) is 32.8 Å². The number of benzene rings is 3. The molecule has 0 bridgehead atoms. The van der Waals surface area contributed by atoms with Gasteiger partial charge < -0.3 is 19.2 Å². The molecule has 1 atom stereocenters. The lowest BCUT2D eigenvalue weighted by Gasteiger charge is -2.20. The number of carbonyl (C=O) groups excluding carboxylic acids is 1. The maximum Gasteiger partial charge on any atom is 0.387 e. The molecule has 1 heterocycles. The van der Waals surface area contributed by atoms with Gasteiger partial charge in [-0.05, 0) is 90.8 Å². The lowest BCUT2D eigenvalue weighted by molar-refractivity contribution is -0.0496. The van der Waals surface area contributed by atoms with Gasteiger partial charge in [-0.25, -0.2) is 4.39 Å². The Labute approximate surface area is 250 Å². The summed E-state index contributed by atoms with van der Waals surface area (Å²) >= 11 is 12.4. The van der Waals surface area contributed by atoms with Gasteiger partial charge in [0.2, 0.25) is 5.62 Å². The molecule has 6 nitrogen and oxygen atoms in total. The fourth-order valence-corrected chi connectivity index (χ4v) is 5.55. The maximum absolute atomic E-state index is 14.0. The van der Waals surface area contributed by atoms with Gasteiger partial charge in [0.1, 0.15) is 11.6 Å². The summed E-state index contributed by atoms with van der Waals surface area (Å²) in [5.74, 6) is -1.20. The number of nitrogens with zero attached hydrogens (tertiary/aromatic N) is 2. The van der Waals surface area contributed by atoms with Gasteiger partial charge >= 0.3 is 6.61 Å². The zero-order valence-electron chi connectivity index (χ0n) is 22.3. The molecule has 1 amide bonds. The van der Waals surface area contributed by atoms with E-state index >= 15 is 0 Å². The number of nitrogens with one attached hydrogen (secondary N) is 2. The lowest BCUT2D eigenvalue weighted by atomic mass is 9.97. The van der Waals surface area contributed by atoms with Crippen LogP contribution in [0, 0.1) is 17.1 Å². The molecule has 3 aromatic carbocycles. The number of hydrogen-bond donors (Lipinski definition) is 2. The van der Waals surface area contributed by atoms with Crippen molar-refractivity contribution in [3.8, 4) is 16.9 Å². The Balaban J connectivity index is 1.38. The van der Waals surface area contributed by atoms with E-state index in [1.807, 2.05) is 23.0 Å². The summed E-state index contributed by atoms with van der Waals surface area (Å²) in [6.45, 7) is -2.90. The van der Waals surface area contributed by atoms with Crippen LogP contribution in [0.4, 0.5) is 13.2 Å². The van der Waals surface area contributed by atoms with Crippen LogP contribution in [0.3, 0.4) is 0 Å². The number of carbonyl (C=O) groups is 1.